The maximum Gasteiger partial charge on any atom is 0.410 e. The van der Waals surface area contributed by atoms with Crippen LogP contribution in [0, 0.1) is 0 Å². The van der Waals surface area contributed by atoms with Crippen LogP contribution >= 0.6 is 0 Å². The van der Waals surface area contributed by atoms with Crippen LogP contribution in [0.5, 0.6) is 0 Å². The highest BCUT2D eigenvalue weighted by Gasteiger charge is 2.28. The first-order valence-electron chi connectivity index (χ1n) is 10.9. The number of benzene rings is 1. The van der Waals surface area contributed by atoms with Gasteiger partial charge in [0, 0.05) is 45.4 Å². The Morgan fingerprint density at radius 3 is 2.45 bits per heavy atom. The molecule has 1 atom stereocenters. The van der Waals surface area contributed by atoms with Gasteiger partial charge in [0.2, 0.25) is 0 Å². The minimum atomic E-state index is -0.648. The molecule has 1 aliphatic heterocycles. The van der Waals surface area contributed by atoms with Gasteiger partial charge >= 0.3 is 6.09 Å². The van der Waals surface area contributed by atoms with E-state index < -0.39 is 17.7 Å². The average Bonchev–Trinajstić information content (AvgIpc) is 2.77. The monoisotopic (exact) mass is 455 g/mol. The molecule has 1 aromatic heterocycles. The minimum Gasteiger partial charge on any atom is -0.444 e. The normalized spacial score (nSPS) is 15.2. The average molecular weight is 456 g/mol. The number of carbonyl (C=O) groups is 2. The summed E-state index contributed by atoms with van der Waals surface area (Å²) in [6.45, 7) is 12.1. The zero-order valence-electron chi connectivity index (χ0n) is 20.3. The number of morpholine rings is 1. The predicted octanol–water partition coefficient (Wildman–Crippen LogP) is 3.26. The number of rotatable bonds is 5. The Morgan fingerprint density at radius 2 is 1.88 bits per heavy atom. The van der Waals surface area contributed by atoms with Crippen LogP contribution in [0.3, 0.4) is 0 Å². The highest BCUT2D eigenvalue weighted by Crippen LogP contribution is 2.31. The Balaban J connectivity index is 2.14. The quantitative estimate of drug-likeness (QED) is 0.640. The zero-order chi connectivity index (χ0) is 24.3. The molecule has 0 N–H and O–H groups in total. The molecule has 1 unspecified atom stereocenters. The van der Waals surface area contributed by atoms with Crippen LogP contribution in [-0.4, -0.2) is 84.8 Å². The molecule has 0 saturated carbocycles. The number of hydrogen-bond donors (Lipinski definition) is 0. The first-order valence-corrected chi connectivity index (χ1v) is 10.9. The van der Waals surface area contributed by atoms with Gasteiger partial charge in [-0.2, -0.15) is 0 Å². The summed E-state index contributed by atoms with van der Waals surface area (Å²) in [4.78, 5) is 40.2. The molecule has 0 spiro atoms. The van der Waals surface area contributed by atoms with Gasteiger partial charge in [-0.25, -0.2) is 9.78 Å². The third-order valence-corrected chi connectivity index (χ3v) is 5.29. The third kappa shape index (κ3) is 5.60. The number of ether oxygens (including phenoxy) is 2. The molecule has 1 fully saturated rings. The van der Waals surface area contributed by atoms with Crippen molar-refractivity contribution in [2.75, 3.05) is 52.3 Å². The van der Waals surface area contributed by atoms with Crippen LogP contribution < -0.4 is 4.90 Å². The molecule has 9 heteroatoms. The van der Waals surface area contributed by atoms with E-state index in [1.165, 1.54) is 9.80 Å². The van der Waals surface area contributed by atoms with Crippen LogP contribution in [0.25, 0.3) is 11.0 Å². The molecule has 1 saturated heterocycles. The van der Waals surface area contributed by atoms with Gasteiger partial charge in [-0.15, -0.1) is 6.58 Å². The molecule has 1 aliphatic rings. The van der Waals surface area contributed by atoms with Crippen molar-refractivity contribution in [2.24, 2.45) is 0 Å². The second-order valence-corrected chi connectivity index (χ2v) is 9.23. The van der Waals surface area contributed by atoms with Crippen molar-refractivity contribution in [3.8, 4) is 0 Å². The van der Waals surface area contributed by atoms with Crippen LogP contribution in [0.1, 0.15) is 42.7 Å². The van der Waals surface area contributed by atoms with Crippen molar-refractivity contribution >= 4 is 28.9 Å². The first kappa shape index (κ1) is 24.4. The summed E-state index contributed by atoms with van der Waals surface area (Å²) >= 11 is 0. The zero-order valence-corrected chi connectivity index (χ0v) is 20.3. The highest BCUT2D eigenvalue weighted by atomic mass is 16.6. The summed E-state index contributed by atoms with van der Waals surface area (Å²) in [5.41, 5.74) is 1.64. The van der Waals surface area contributed by atoms with Crippen molar-refractivity contribution in [3.63, 3.8) is 0 Å². The molecular weight excluding hydrogens is 422 g/mol. The minimum absolute atomic E-state index is 0.167. The number of amides is 2. The SMILES string of the molecule is C=CC(c1cc(C(=O)N(C)C)cc2ncc(N3CCOCC3)nc12)N(C)C(=O)OC(C)(C)C. The molecule has 3 rings (SSSR count). The molecule has 0 bridgehead atoms. The first-order chi connectivity index (χ1) is 15.5. The van der Waals surface area contributed by atoms with E-state index >= 15 is 0 Å². The van der Waals surface area contributed by atoms with Gasteiger partial charge in [0.1, 0.15) is 11.4 Å². The Morgan fingerprint density at radius 1 is 1.21 bits per heavy atom. The molecule has 33 heavy (non-hydrogen) atoms. The molecule has 1 aromatic carbocycles. The van der Waals surface area contributed by atoms with Gasteiger partial charge in [-0.3, -0.25) is 9.78 Å². The summed E-state index contributed by atoms with van der Waals surface area (Å²) in [7, 11) is 5.03. The van der Waals surface area contributed by atoms with Crippen molar-refractivity contribution < 1.29 is 19.1 Å². The van der Waals surface area contributed by atoms with Gasteiger partial charge in [0.25, 0.3) is 5.91 Å². The van der Waals surface area contributed by atoms with Crippen molar-refractivity contribution in [1.82, 2.24) is 19.8 Å². The summed E-state index contributed by atoms with van der Waals surface area (Å²) in [6.07, 6.45) is 2.86. The fraction of sp³-hybridized carbons (Fsp3) is 0.500. The number of likely N-dealkylation sites (N-methyl/N-ethyl adjacent to an activating group) is 1. The summed E-state index contributed by atoms with van der Waals surface area (Å²) in [6, 6.07) is 2.91. The largest absolute Gasteiger partial charge is 0.444 e. The number of anilines is 1. The molecule has 2 amide bonds. The maximum absolute atomic E-state index is 12.8. The Bertz CT molecular complexity index is 1040. The Labute approximate surface area is 195 Å². The van der Waals surface area contributed by atoms with Crippen LogP contribution in [0.2, 0.25) is 0 Å². The number of carbonyl (C=O) groups excluding carboxylic acids is 2. The van der Waals surface area contributed by atoms with Gasteiger partial charge in [0.05, 0.1) is 36.5 Å². The number of hydrogen-bond acceptors (Lipinski definition) is 7. The highest BCUT2D eigenvalue weighted by molar-refractivity contribution is 5.98. The fourth-order valence-corrected chi connectivity index (χ4v) is 3.63. The van der Waals surface area contributed by atoms with Gasteiger partial charge in [-0.05, 0) is 32.9 Å². The standard InChI is InChI=1S/C24H33N5O4/c1-8-19(28(7)23(31)33-24(2,3)4)17-13-16(22(30)27(5)6)14-18-21(17)26-20(15-25-18)29-9-11-32-12-10-29/h8,13-15,19H,1,9-12H2,2-7H3. The van der Waals surface area contributed by atoms with Crippen LogP contribution in [-0.2, 0) is 9.47 Å². The van der Waals surface area contributed by atoms with E-state index in [9.17, 15) is 9.59 Å². The lowest BCUT2D eigenvalue weighted by molar-refractivity contribution is 0.0254. The van der Waals surface area contributed by atoms with Gasteiger partial charge in [0.15, 0.2) is 0 Å². The lowest BCUT2D eigenvalue weighted by Crippen LogP contribution is -2.37. The second kappa shape index (κ2) is 9.74. The molecule has 2 aromatic rings. The van der Waals surface area contributed by atoms with E-state index in [0.717, 1.165) is 18.9 Å². The van der Waals surface area contributed by atoms with E-state index in [4.69, 9.17) is 14.5 Å². The fourth-order valence-electron chi connectivity index (χ4n) is 3.63. The second-order valence-electron chi connectivity index (χ2n) is 9.23. The predicted molar refractivity (Wildman–Crippen MR) is 128 cm³/mol. The smallest absolute Gasteiger partial charge is 0.410 e. The lowest BCUT2D eigenvalue weighted by atomic mass is 9.99. The van der Waals surface area contributed by atoms with E-state index in [-0.39, 0.29) is 5.91 Å². The van der Waals surface area contributed by atoms with Gasteiger partial charge < -0.3 is 24.2 Å². The molecule has 0 radical (unpaired) electrons. The van der Waals surface area contributed by atoms with Crippen LogP contribution in [0.15, 0.2) is 31.0 Å². The van der Waals surface area contributed by atoms with E-state index in [2.05, 4.69) is 16.5 Å². The molecule has 9 nitrogen and oxygen atoms in total. The van der Waals surface area contributed by atoms with Crippen LogP contribution in [0.4, 0.5) is 10.6 Å². The third-order valence-electron chi connectivity index (χ3n) is 5.29. The summed E-state index contributed by atoms with van der Waals surface area (Å²) in [5.74, 6) is 0.557. The van der Waals surface area contributed by atoms with E-state index in [0.29, 0.717) is 35.4 Å². The lowest BCUT2D eigenvalue weighted by Gasteiger charge is -2.30. The summed E-state index contributed by atoms with van der Waals surface area (Å²) < 4.78 is 11.0. The van der Waals surface area contributed by atoms with Gasteiger partial charge in [-0.1, -0.05) is 6.08 Å². The molecule has 178 valence electrons. The van der Waals surface area contributed by atoms with Crippen molar-refractivity contribution in [1.29, 1.82) is 0 Å². The topological polar surface area (TPSA) is 88.1 Å². The number of fused-ring (bicyclic) bond motifs is 1. The number of aromatic nitrogens is 2. The molecular formula is C24H33N5O4. The molecule has 2 heterocycles. The Kier molecular flexibility index (Phi) is 7.22. The number of nitrogens with zero attached hydrogens (tertiary/aromatic N) is 5. The van der Waals surface area contributed by atoms with E-state index in [1.54, 1.807) is 45.5 Å². The Hall–Kier alpha value is -3.20. The maximum atomic E-state index is 12.8. The summed E-state index contributed by atoms with van der Waals surface area (Å²) in [5, 5.41) is 0. The molecule has 0 aliphatic carbocycles. The van der Waals surface area contributed by atoms with Crippen molar-refractivity contribution in [3.05, 3.63) is 42.1 Å². The van der Waals surface area contributed by atoms with Crippen molar-refractivity contribution in [2.45, 2.75) is 32.4 Å². The van der Waals surface area contributed by atoms with E-state index in [1.807, 2.05) is 20.8 Å².